The van der Waals surface area contributed by atoms with E-state index in [1.165, 1.54) is 11.1 Å². The molecule has 1 unspecified atom stereocenters. The summed E-state index contributed by atoms with van der Waals surface area (Å²) >= 11 is 0. The quantitative estimate of drug-likeness (QED) is 0.651. The Morgan fingerprint density at radius 3 is 2.15 bits per heavy atom. The van der Waals surface area contributed by atoms with Crippen molar-refractivity contribution >= 4 is 5.91 Å². The highest BCUT2D eigenvalue weighted by molar-refractivity contribution is 5.81. The molecule has 1 atom stereocenters. The Bertz CT molecular complexity index is 665. The van der Waals surface area contributed by atoms with Gasteiger partial charge in [-0.1, -0.05) is 38.1 Å². The summed E-state index contributed by atoms with van der Waals surface area (Å²) in [6.45, 7) is 4.71. The van der Waals surface area contributed by atoms with Gasteiger partial charge in [0.05, 0.1) is 7.11 Å². The fraction of sp³-hybridized carbons (Fsp3) is 0.409. The van der Waals surface area contributed by atoms with Gasteiger partial charge in [0, 0.05) is 6.54 Å². The minimum atomic E-state index is -0.455. The maximum absolute atomic E-state index is 12.3. The Labute approximate surface area is 156 Å². The second kappa shape index (κ2) is 10.5. The number of benzene rings is 2. The first-order chi connectivity index (χ1) is 12.7. The van der Waals surface area contributed by atoms with Crippen molar-refractivity contribution in [3.8, 4) is 11.5 Å². The number of hydrogen-bond donors (Lipinski definition) is 1. The molecule has 0 heterocycles. The number of carbonyl (C=O) groups excluding carboxylic acids is 1. The molecule has 2 aromatic rings. The lowest BCUT2D eigenvalue weighted by Gasteiger charge is -2.17. The van der Waals surface area contributed by atoms with Crippen LogP contribution in [-0.2, 0) is 17.6 Å². The summed E-state index contributed by atoms with van der Waals surface area (Å²) in [6.07, 6.45) is 2.98. The van der Waals surface area contributed by atoms with Crippen molar-refractivity contribution in [3.05, 3.63) is 59.7 Å². The molecule has 0 radical (unpaired) electrons. The van der Waals surface area contributed by atoms with Crippen molar-refractivity contribution < 1.29 is 14.3 Å². The molecule has 0 aliphatic rings. The Hall–Kier alpha value is -2.49. The first kappa shape index (κ1) is 19.8. The van der Waals surface area contributed by atoms with Gasteiger partial charge in [0.1, 0.15) is 11.5 Å². The first-order valence-corrected chi connectivity index (χ1v) is 9.32. The summed E-state index contributed by atoms with van der Waals surface area (Å²) in [7, 11) is 1.66. The number of rotatable bonds is 10. The second-order valence-electron chi connectivity index (χ2n) is 6.25. The lowest BCUT2D eigenvalue weighted by Crippen LogP contribution is -2.38. The van der Waals surface area contributed by atoms with Crippen LogP contribution in [0.1, 0.15) is 37.8 Å². The van der Waals surface area contributed by atoms with Crippen molar-refractivity contribution in [1.82, 2.24) is 5.32 Å². The summed E-state index contributed by atoms with van der Waals surface area (Å²) < 4.78 is 11.0. The van der Waals surface area contributed by atoms with Gasteiger partial charge in [-0.25, -0.2) is 0 Å². The average Bonchev–Trinajstić information content (AvgIpc) is 2.70. The van der Waals surface area contributed by atoms with Gasteiger partial charge in [0.2, 0.25) is 0 Å². The molecule has 0 aromatic heterocycles. The van der Waals surface area contributed by atoms with Crippen molar-refractivity contribution in [2.45, 2.75) is 45.6 Å². The van der Waals surface area contributed by atoms with E-state index >= 15 is 0 Å². The predicted molar refractivity (Wildman–Crippen MR) is 105 cm³/mol. The Kier molecular flexibility index (Phi) is 8.00. The second-order valence-corrected chi connectivity index (χ2v) is 6.25. The van der Waals surface area contributed by atoms with E-state index in [0.717, 1.165) is 30.8 Å². The van der Waals surface area contributed by atoms with Crippen LogP contribution in [0.4, 0.5) is 0 Å². The summed E-state index contributed by atoms with van der Waals surface area (Å²) in [5.41, 5.74) is 2.49. The fourth-order valence-corrected chi connectivity index (χ4v) is 2.70. The predicted octanol–water partition coefficient (Wildman–Crippen LogP) is 4.16. The molecule has 140 valence electrons. The molecule has 0 spiro atoms. The number of amides is 1. The minimum absolute atomic E-state index is 0.0539. The fourth-order valence-electron chi connectivity index (χ4n) is 2.70. The van der Waals surface area contributed by atoms with Crippen molar-refractivity contribution in [1.29, 1.82) is 0 Å². The Morgan fingerprint density at radius 1 is 0.962 bits per heavy atom. The van der Waals surface area contributed by atoms with Crippen molar-refractivity contribution in [2.75, 3.05) is 13.7 Å². The zero-order valence-electron chi connectivity index (χ0n) is 16.0. The van der Waals surface area contributed by atoms with Crippen LogP contribution in [0.5, 0.6) is 11.5 Å². The van der Waals surface area contributed by atoms with Crippen molar-refractivity contribution in [3.63, 3.8) is 0 Å². The van der Waals surface area contributed by atoms with Crippen LogP contribution in [-0.4, -0.2) is 25.7 Å². The van der Waals surface area contributed by atoms with Gasteiger partial charge >= 0.3 is 0 Å². The number of aryl methyl sites for hydroxylation is 2. The smallest absolute Gasteiger partial charge is 0.261 e. The third-order valence-electron chi connectivity index (χ3n) is 4.37. The van der Waals surface area contributed by atoms with E-state index < -0.39 is 6.10 Å². The molecule has 2 aromatic carbocycles. The van der Waals surface area contributed by atoms with Crippen LogP contribution in [0.2, 0.25) is 0 Å². The summed E-state index contributed by atoms with van der Waals surface area (Å²) in [6, 6.07) is 16.0. The molecule has 0 saturated heterocycles. The maximum atomic E-state index is 12.3. The van der Waals surface area contributed by atoms with Crippen LogP contribution < -0.4 is 14.8 Å². The molecule has 4 nitrogen and oxygen atoms in total. The zero-order valence-corrected chi connectivity index (χ0v) is 16.0. The highest BCUT2D eigenvalue weighted by Crippen LogP contribution is 2.16. The van der Waals surface area contributed by atoms with E-state index in [0.29, 0.717) is 13.0 Å². The number of hydrogen-bond acceptors (Lipinski definition) is 3. The molecule has 0 fully saturated rings. The van der Waals surface area contributed by atoms with Gasteiger partial charge in [0.25, 0.3) is 5.91 Å². The van der Waals surface area contributed by atoms with Crippen LogP contribution in [0.3, 0.4) is 0 Å². The molecular weight excluding hydrogens is 326 g/mol. The molecule has 26 heavy (non-hydrogen) atoms. The Morgan fingerprint density at radius 2 is 1.58 bits per heavy atom. The van der Waals surface area contributed by atoms with E-state index in [-0.39, 0.29) is 5.91 Å². The zero-order chi connectivity index (χ0) is 18.8. The summed E-state index contributed by atoms with van der Waals surface area (Å²) in [4.78, 5) is 12.3. The third kappa shape index (κ3) is 6.10. The van der Waals surface area contributed by atoms with E-state index in [1.54, 1.807) is 7.11 Å². The number of carbonyl (C=O) groups is 1. The van der Waals surface area contributed by atoms with Gasteiger partial charge in [-0.05, 0) is 61.1 Å². The SMILES string of the molecule is CCc1ccc(OC(CC)C(=O)NCCCc2ccc(OC)cc2)cc1. The first-order valence-electron chi connectivity index (χ1n) is 9.32. The third-order valence-corrected chi connectivity index (χ3v) is 4.37. The average molecular weight is 355 g/mol. The molecule has 1 N–H and O–H groups in total. The van der Waals surface area contributed by atoms with Gasteiger partial charge in [-0.15, -0.1) is 0 Å². The van der Waals surface area contributed by atoms with Gasteiger partial charge in [-0.3, -0.25) is 4.79 Å². The van der Waals surface area contributed by atoms with Gasteiger partial charge in [0.15, 0.2) is 6.10 Å². The molecule has 2 rings (SSSR count). The van der Waals surface area contributed by atoms with Crippen LogP contribution in [0.25, 0.3) is 0 Å². The molecule has 1 amide bonds. The highest BCUT2D eigenvalue weighted by atomic mass is 16.5. The van der Waals surface area contributed by atoms with E-state index in [1.807, 2.05) is 43.3 Å². The van der Waals surface area contributed by atoms with Crippen LogP contribution in [0, 0.1) is 0 Å². The molecule has 0 saturated carbocycles. The molecule has 4 heteroatoms. The van der Waals surface area contributed by atoms with Gasteiger partial charge in [-0.2, -0.15) is 0 Å². The molecular formula is C22H29NO3. The molecule has 0 aliphatic carbocycles. The van der Waals surface area contributed by atoms with Crippen molar-refractivity contribution in [2.24, 2.45) is 0 Å². The largest absolute Gasteiger partial charge is 0.497 e. The maximum Gasteiger partial charge on any atom is 0.261 e. The van der Waals surface area contributed by atoms with E-state index in [2.05, 4.69) is 24.4 Å². The lowest BCUT2D eigenvalue weighted by atomic mass is 10.1. The topological polar surface area (TPSA) is 47.6 Å². The normalized spacial score (nSPS) is 11.7. The summed E-state index contributed by atoms with van der Waals surface area (Å²) in [5, 5.41) is 2.98. The summed E-state index contributed by atoms with van der Waals surface area (Å²) in [5.74, 6) is 1.54. The molecule has 0 bridgehead atoms. The highest BCUT2D eigenvalue weighted by Gasteiger charge is 2.17. The monoisotopic (exact) mass is 355 g/mol. The number of ether oxygens (including phenoxy) is 2. The van der Waals surface area contributed by atoms with Crippen LogP contribution >= 0.6 is 0 Å². The van der Waals surface area contributed by atoms with E-state index in [9.17, 15) is 4.79 Å². The molecule has 0 aliphatic heterocycles. The standard InChI is InChI=1S/C22H29NO3/c1-4-17-8-14-20(15-9-17)26-21(5-2)22(24)23-16-6-7-18-10-12-19(25-3)13-11-18/h8-15,21H,4-7,16H2,1-3H3,(H,23,24). The lowest BCUT2D eigenvalue weighted by molar-refractivity contribution is -0.128. The number of methoxy groups -OCH3 is 1. The number of nitrogens with one attached hydrogen (secondary N) is 1. The Balaban J connectivity index is 1.75. The van der Waals surface area contributed by atoms with Gasteiger partial charge < -0.3 is 14.8 Å². The minimum Gasteiger partial charge on any atom is -0.497 e. The van der Waals surface area contributed by atoms with E-state index in [4.69, 9.17) is 9.47 Å². The van der Waals surface area contributed by atoms with Crippen LogP contribution in [0.15, 0.2) is 48.5 Å².